The van der Waals surface area contributed by atoms with E-state index < -0.39 is 0 Å². The van der Waals surface area contributed by atoms with Crippen molar-refractivity contribution in [1.82, 2.24) is 0 Å². The lowest BCUT2D eigenvalue weighted by Gasteiger charge is -2.33. The third-order valence-electron chi connectivity index (χ3n) is 3.25. The Morgan fingerprint density at radius 1 is 1.29 bits per heavy atom. The quantitative estimate of drug-likeness (QED) is 0.687. The van der Waals surface area contributed by atoms with Gasteiger partial charge in [-0.3, -0.25) is 0 Å². The van der Waals surface area contributed by atoms with Crippen LogP contribution < -0.4 is 5.73 Å². The Hall–Kier alpha value is -0.0800. The average molecular weight is 201 g/mol. The molecule has 2 heteroatoms. The summed E-state index contributed by atoms with van der Waals surface area (Å²) in [5.74, 6) is 0.776. The number of nitrogens with two attached hydrogens (primary N) is 1. The first kappa shape index (κ1) is 13.9. The molecule has 86 valence electrons. The van der Waals surface area contributed by atoms with Gasteiger partial charge < -0.3 is 10.5 Å². The third-order valence-corrected chi connectivity index (χ3v) is 3.25. The van der Waals surface area contributed by atoms with Crippen molar-refractivity contribution < 1.29 is 4.74 Å². The van der Waals surface area contributed by atoms with E-state index in [0.29, 0.717) is 0 Å². The maximum atomic E-state index is 6.13. The summed E-state index contributed by atoms with van der Waals surface area (Å²) in [5.41, 5.74) is 5.99. The molecule has 14 heavy (non-hydrogen) atoms. The summed E-state index contributed by atoms with van der Waals surface area (Å²) in [5, 5.41) is 0. The van der Waals surface area contributed by atoms with Crippen molar-refractivity contribution >= 4 is 0 Å². The van der Waals surface area contributed by atoms with Crippen LogP contribution in [0.4, 0.5) is 0 Å². The van der Waals surface area contributed by atoms with Crippen LogP contribution in [0, 0.1) is 5.92 Å². The minimum absolute atomic E-state index is 0.142. The molecule has 0 spiro atoms. The highest BCUT2D eigenvalue weighted by Crippen LogP contribution is 2.22. The third kappa shape index (κ3) is 4.43. The predicted octanol–water partition coefficient (Wildman–Crippen LogP) is 2.96. The molecule has 2 N–H and O–H groups in total. The zero-order chi connectivity index (χ0) is 11.2. The second kappa shape index (κ2) is 6.41. The second-order valence-electron chi connectivity index (χ2n) is 4.80. The van der Waals surface area contributed by atoms with Crippen molar-refractivity contribution in [3.8, 4) is 0 Å². The first-order valence-electron chi connectivity index (χ1n) is 5.77. The Labute approximate surface area is 89.2 Å². The van der Waals surface area contributed by atoms with Crippen molar-refractivity contribution in [3.63, 3.8) is 0 Å². The van der Waals surface area contributed by atoms with Gasteiger partial charge in [0.1, 0.15) is 0 Å². The summed E-state index contributed by atoms with van der Waals surface area (Å²) in [6.45, 7) is 8.74. The van der Waals surface area contributed by atoms with E-state index in [4.69, 9.17) is 10.5 Å². The normalized spacial score (nSPS) is 18.2. The van der Waals surface area contributed by atoms with E-state index in [1.54, 1.807) is 7.11 Å². The van der Waals surface area contributed by atoms with E-state index in [1.807, 2.05) is 0 Å². The molecule has 0 aliphatic heterocycles. The van der Waals surface area contributed by atoms with Crippen LogP contribution in [0.3, 0.4) is 0 Å². The van der Waals surface area contributed by atoms with E-state index in [1.165, 1.54) is 12.8 Å². The van der Waals surface area contributed by atoms with Gasteiger partial charge in [0.15, 0.2) is 0 Å². The number of rotatable bonds is 7. The molecule has 0 saturated heterocycles. The monoisotopic (exact) mass is 201 g/mol. The molecule has 2 unspecified atom stereocenters. The van der Waals surface area contributed by atoms with Crippen LogP contribution in [-0.2, 0) is 4.74 Å². The minimum Gasteiger partial charge on any atom is -0.377 e. The fourth-order valence-corrected chi connectivity index (χ4v) is 1.61. The van der Waals surface area contributed by atoms with Crippen molar-refractivity contribution in [2.45, 2.75) is 65.0 Å². The van der Waals surface area contributed by atoms with Crippen LogP contribution in [0.1, 0.15) is 53.4 Å². The van der Waals surface area contributed by atoms with Crippen LogP contribution in [0.25, 0.3) is 0 Å². The summed E-state index contributed by atoms with van der Waals surface area (Å²) in [4.78, 5) is 0. The van der Waals surface area contributed by atoms with Gasteiger partial charge in [-0.15, -0.1) is 0 Å². The number of ether oxygens (including phenoxy) is 1. The summed E-state index contributed by atoms with van der Waals surface area (Å²) >= 11 is 0. The topological polar surface area (TPSA) is 35.2 Å². The molecule has 0 fully saturated rings. The fraction of sp³-hybridized carbons (Fsp3) is 1.00. The van der Waals surface area contributed by atoms with E-state index in [9.17, 15) is 0 Å². The summed E-state index contributed by atoms with van der Waals surface area (Å²) < 4.78 is 5.48. The van der Waals surface area contributed by atoms with Gasteiger partial charge in [0.2, 0.25) is 0 Å². The van der Waals surface area contributed by atoms with Gasteiger partial charge in [-0.25, -0.2) is 0 Å². The molecule has 0 aliphatic rings. The van der Waals surface area contributed by atoms with Crippen molar-refractivity contribution in [2.24, 2.45) is 11.7 Å². The Balaban J connectivity index is 3.87. The van der Waals surface area contributed by atoms with Gasteiger partial charge in [0, 0.05) is 13.2 Å². The lowest BCUT2D eigenvalue weighted by molar-refractivity contribution is -0.0212. The first-order valence-corrected chi connectivity index (χ1v) is 5.77. The van der Waals surface area contributed by atoms with Gasteiger partial charge in [0.25, 0.3) is 0 Å². The maximum Gasteiger partial charge on any atom is 0.0798 e. The molecular weight excluding hydrogens is 174 g/mol. The highest BCUT2D eigenvalue weighted by atomic mass is 16.5. The molecule has 0 aromatic carbocycles. The van der Waals surface area contributed by atoms with Gasteiger partial charge in [-0.2, -0.15) is 0 Å². The molecule has 0 rings (SSSR count). The summed E-state index contributed by atoms with van der Waals surface area (Å²) in [6, 6.07) is 0.163. The number of hydrogen-bond donors (Lipinski definition) is 1. The molecule has 0 heterocycles. The van der Waals surface area contributed by atoms with Crippen molar-refractivity contribution in [2.75, 3.05) is 7.11 Å². The molecule has 0 amide bonds. The molecule has 0 saturated carbocycles. The maximum absolute atomic E-state index is 6.13. The lowest BCUT2D eigenvalue weighted by atomic mass is 9.89. The van der Waals surface area contributed by atoms with E-state index >= 15 is 0 Å². The highest BCUT2D eigenvalue weighted by Gasteiger charge is 2.28. The van der Waals surface area contributed by atoms with Gasteiger partial charge >= 0.3 is 0 Å². The van der Waals surface area contributed by atoms with Crippen LogP contribution in [0.5, 0.6) is 0 Å². The van der Waals surface area contributed by atoms with Crippen LogP contribution in [0.15, 0.2) is 0 Å². The Bertz CT molecular complexity index is 141. The van der Waals surface area contributed by atoms with Gasteiger partial charge in [-0.05, 0) is 25.7 Å². The van der Waals surface area contributed by atoms with E-state index in [2.05, 4.69) is 27.7 Å². The van der Waals surface area contributed by atoms with Crippen molar-refractivity contribution in [3.05, 3.63) is 0 Å². The Morgan fingerprint density at radius 3 is 2.21 bits per heavy atom. The van der Waals surface area contributed by atoms with Crippen LogP contribution in [0.2, 0.25) is 0 Å². The molecule has 2 nitrogen and oxygen atoms in total. The second-order valence-corrected chi connectivity index (χ2v) is 4.80. The Morgan fingerprint density at radius 2 is 1.86 bits per heavy atom. The molecule has 0 aliphatic carbocycles. The van der Waals surface area contributed by atoms with Gasteiger partial charge in [-0.1, -0.05) is 33.6 Å². The standard InChI is InChI=1S/C12H27NO/c1-6-12(4,14-5)11(13)9-7-8-10(2)3/h10-11H,6-9,13H2,1-5H3. The first-order chi connectivity index (χ1) is 6.46. The average Bonchev–Trinajstić information content (AvgIpc) is 2.15. The molecule has 0 radical (unpaired) electrons. The highest BCUT2D eigenvalue weighted by molar-refractivity contribution is 4.85. The molecular formula is C12H27NO. The van der Waals surface area contributed by atoms with Crippen molar-refractivity contribution in [1.29, 1.82) is 0 Å². The zero-order valence-corrected chi connectivity index (χ0v) is 10.5. The molecule has 2 atom stereocenters. The molecule has 0 aromatic heterocycles. The largest absolute Gasteiger partial charge is 0.377 e. The lowest BCUT2D eigenvalue weighted by Crippen LogP contribution is -2.46. The minimum atomic E-state index is -0.142. The number of hydrogen-bond acceptors (Lipinski definition) is 2. The molecule has 0 bridgehead atoms. The smallest absolute Gasteiger partial charge is 0.0798 e. The number of methoxy groups -OCH3 is 1. The fourth-order valence-electron chi connectivity index (χ4n) is 1.61. The predicted molar refractivity (Wildman–Crippen MR) is 62.4 cm³/mol. The van der Waals surface area contributed by atoms with E-state index in [-0.39, 0.29) is 11.6 Å². The summed E-state index contributed by atoms with van der Waals surface area (Å²) in [7, 11) is 1.76. The van der Waals surface area contributed by atoms with Crippen LogP contribution >= 0.6 is 0 Å². The van der Waals surface area contributed by atoms with E-state index in [0.717, 1.165) is 18.8 Å². The zero-order valence-electron chi connectivity index (χ0n) is 10.5. The SMILES string of the molecule is CCC(C)(OC)C(N)CCCC(C)C. The molecule has 0 aromatic rings. The van der Waals surface area contributed by atoms with Crippen LogP contribution in [-0.4, -0.2) is 18.8 Å². The summed E-state index contributed by atoms with van der Waals surface area (Å²) in [6.07, 6.45) is 4.51. The Kier molecular flexibility index (Phi) is 6.38. The van der Waals surface area contributed by atoms with Gasteiger partial charge in [0.05, 0.1) is 5.60 Å².